The van der Waals surface area contributed by atoms with Crippen molar-refractivity contribution in [1.29, 1.82) is 0 Å². The van der Waals surface area contributed by atoms with Crippen molar-refractivity contribution in [2.45, 2.75) is 17.9 Å². The fourth-order valence-electron chi connectivity index (χ4n) is 1.69. The van der Waals surface area contributed by atoms with Gasteiger partial charge in [-0.25, -0.2) is 0 Å². The molecule has 0 radical (unpaired) electrons. The van der Waals surface area contributed by atoms with Crippen molar-refractivity contribution in [3.63, 3.8) is 0 Å². The molecule has 0 aliphatic heterocycles. The highest BCUT2D eigenvalue weighted by molar-refractivity contribution is 6.42. The zero-order valence-corrected chi connectivity index (χ0v) is 9.22. The van der Waals surface area contributed by atoms with Crippen LogP contribution in [0.3, 0.4) is 0 Å². The first-order valence-corrected chi connectivity index (χ1v) is 5.18. The summed E-state index contributed by atoms with van der Waals surface area (Å²) in [7, 11) is 0. The van der Waals surface area contributed by atoms with Crippen molar-refractivity contribution in [1.82, 2.24) is 0 Å². The predicted octanol–water partition coefficient (Wildman–Crippen LogP) is 2.26. The second-order valence-corrected chi connectivity index (χ2v) is 4.53. The summed E-state index contributed by atoms with van der Waals surface area (Å²) in [4.78, 5) is 10.9. The van der Waals surface area contributed by atoms with Gasteiger partial charge < -0.3 is 10.8 Å². The Kier molecular flexibility index (Phi) is 2.41. The van der Waals surface area contributed by atoms with Gasteiger partial charge in [0.05, 0.1) is 10.0 Å². The molecule has 2 rings (SSSR count). The van der Waals surface area contributed by atoms with E-state index in [1.54, 1.807) is 18.2 Å². The van der Waals surface area contributed by atoms with Crippen molar-refractivity contribution >= 4 is 29.2 Å². The molecule has 0 heterocycles. The number of benzene rings is 1. The van der Waals surface area contributed by atoms with E-state index in [4.69, 9.17) is 34.0 Å². The molecule has 0 spiro atoms. The Morgan fingerprint density at radius 2 is 2.20 bits per heavy atom. The summed E-state index contributed by atoms with van der Waals surface area (Å²) in [5, 5.41) is 9.73. The smallest absolute Gasteiger partial charge is 0.324 e. The molecular weight excluding hydrogens is 237 g/mol. The van der Waals surface area contributed by atoms with Crippen LogP contribution in [-0.4, -0.2) is 16.6 Å². The number of hydrogen-bond acceptors (Lipinski definition) is 2. The third kappa shape index (κ3) is 1.61. The van der Waals surface area contributed by atoms with E-state index in [0.717, 1.165) is 0 Å². The van der Waals surface area contributed by atoms with Gasteiger partial charge in [0.15, 0.2) is 0 Å². The first kappa shape index (κ1) is 10.7. The van der Waals surface area contributed by atoms with Crippen LogP contribution in [0.15, 0.2) is 18.2 Å². The maximum Gasteiger partial charge on any atom is 0.324 e. The first-order chi connectivity index (χ1) is 6.97. The van der Waals surface area contributed by atoms with Crippen LogP contribution >= 0.6 is 23.2 Å². The van der Waals surface area contributed by atoms with Crippen LogP contribution in [0.1, 0.15) is 17.9 Å². The topological polar surface area (TPSA) is 63.3 Å². The average molecular weight is 246 g/mol. The van der Waals surface area contributed by atoms with Gasteiger partial charge in [0.2, 0.25) is 0 Å². The van der Waals surface area contributed by atoms with Crippen LogP contribution in [0.5, 0.6) is 0 Å². The molecule has 2 atom stereocenters. The maximum atomic E-state index is 10.9. The summed E-state index contributed by atoms with van der Waals surface area (Å²) in [6, 6.07) is 5.16. The molecule has 1 aliphatic carbocycles. The Hall–Kier alpha value is -0.770. The number of aliphatic carboxylic acids is 1. The Morgan fingerprint density at radius 3 is 2.73 bits per heavy atom. The van der Waals surface area contributed by atoms with Gasteiger partial charge in [-0.15, -0.1) is 0 Å². The Bertz CT molecular complexity index is 435. The molecule has 3 nitrogen and oxygen atoms in total. The Balaban J connectivity index is 2.35. The lowest BCUT2D eigenvalue weighted by Gasteiger charge is -2.08. The number of carbonyl (C=O) groups is 1. The van der Waals surface area contributed by atoms with Gasteiger partial charge in [0.25, 0.3) is 0 Å². The SMILES string of the molecule is N[C@@]1(C(=O)O)C[C@@H]1c1cccc(Cl)c1Cl. The predicted molar refractivity (Wildman–Crippen MR) is 58.4 cm³/mol. The molecule has 0 amide bonds. The molecule has 80 valence electrons. The molecule has 1 aromatic carbocycles. The van der Waals surface area contributed by atoms with Gasteiger partial charge in [-0.05, 0) is 18.1 Å². The number of rotatable bonds is 2. The van der Waals surface area contributed by atoms with Crippen LogP contribution in [0.2, 0.25) is 10.0 Å². The van der Waals surface area contributed by atoms with Gasteiger partial charge in [-0.2, -0.15) is 0 Å². The van der Waals surface area contributed by atoms with E-state index >= 15 is 0 Å². The second-order valence-electron chi connectivity index (χ2n) is 3.75. The molecule has 0 unspecified atom stereocenters. The molecule has 0 bridgehead atoms. The first-order valence-electron chi connectivity index (χ1n) is 4.43. The molecule has 3 N–H and O–H groups in total. The van der Waals surface area contributed by atoms with Crippen molar-refractivity contribution in [3.8, 4) is 0 Å². The van der Waals surface area contributed by atoms with E-state index < -0.39 is 11.5 Å². The molecule has 1 aliphatic rings. The van der Waals surface area contributed by atoms with Gasteiger partial charge >= 0.3 is 5.97 Å². The lowest BCUT2D eigenvalue weighted by atomic mass is 10.1. The normalized spacial score (nSPS) is 28.9. The van der Waals surface area contributed by atoms with Crippen LogP contribution in [0.25, 0.3) is 0 Å². The van der Waals surface area contributed by atoms with Crippen molar-refractivity contribution in [3.05, 3.63) is 33.8 Å². The van der Waals surface area contributed by atoms with Crippen LogP contribution in [0.4, 0.5) is 0 Å². The minimum Gasteiger partial charge on any atom is -0.480 e. The number of carboxylic acid groups (broad SMARTS) is 1. The fraction of sp³-hybridized carbons (Fsp3) is 0.300. The van der Waals surface area contributed by atoms with Crippen LogP contribution < -0.4 is 5.73 Å². The summed E-state index contributed by atoms with van der Waals surface area (Å²) in [6.07, 6.45) is 0.405. The largest absolute Gasteiger partial charge is 0.480 e. The number of hydrogen-bond donors (Lipinski definition) is 2. The quantitative estimate of drug-likeness (QED) is 0.841. The minimum atomic E-state index is -1.17. The third-order valence-corrected chi connectivity index (χ3v) is 3.59. The lowest BCUT2D eigenvalue weighted by Crippen LogP contribution is -2.34. The monoisotopic (exact) mass is 245 g/mol. The molecule has 1 aromatic rings. The Labute approximate surface area is 96.8 Å². The molecular formula is C10H9Cl2NO2. The van der Waals surface area contributed by atoms with Gasteiger partial charge in [-0.3, -0.25) is 4.79 Å². The van der Waals surface area contributed by atoms with E-state index in [9.17, 15) is 4.79 Å². The van der Waals surface area contributed by atoms with Crippen molar-refractivity contribution in [2.24, 2.45) is 5.73 Å². The standard InChI is InChI=1S/C10H9Cl2NO2/c11-7-3-1-2-5(8(7)12)6-4-10(6,13)9(14)15/h1-3,6H,4,13H2,(H,14,15)/t6-,10+/m1/s1. The highest BCUT2D eigenvalue weighted by Gasteiger charge is 2.58. The average Bonchev–Trinajstić information content (AvgIpc) is 2.84. The molecule has 0 aromatic heterocycles. The van der Waals surface area contributed by atoms with Gasteiger partial charge in [-0.1, -0.05) is 35.3 Å². The lowest BCUT2D eigenvalue weighted by molar-refractivity contribution is -0.139. The van der Waals surface area contributed by atoms with E-state index in [1.807, 2.05) is 0 Å². The minimum absolute atomic E-state index is 0.235. The highest BCUT2D eigenvalue weighted by Crippen LogP contribution is 2.52. The molecule has 0 saturated heterocycles. The zero-order valence-electron chi connectivity index (χ0n) is 7.71. The summed E-state index contributed by atoms with van der Waals surface area (Å²) in [5.74, 6) is -1.23. The summed E-state index contributed by atoms with van der Waals surface area (Å²) in [5.41, 5.74) is 5.23. The number of halogens is 2. The zero-order chi connectivity index (χ0) is 11.2. The second kappa shape index (κ2) is 3.37. The van der Waals surface area contributed by atoms with Gasteiger partial charge in [0, 0.05) is 5.92 Å². The van der Waals surface area contributed by atoms with E-state index in [-0.39, 0.29) is 5.92 Å². The molecule has 1 saturated carbocycles. The van der Waals surface area contributed by atoms with E-state index in [2.05, 4.69) is 0 Å². The summed E-state index contributed by atoms with van der Waals surface area (Å²) >= 11 is 11.8. The third-order valence-electron chi connectivity index (χ3n) is 2.76. The summed E-state index contributed by atoms with van der Waals surface area (Å²) < 4.78 is 0. The molecule has 1 fully saturated rings. The number of carboxylic acids is 1. The van der Waals surface area contributed by atoms with E-state index in [1.165, 1.54) is 0 Å². The maximum absolute atomic E-state index is 10.9. The summed E-state index contributed by atoms with van der Waals surface area (Å²) in [6.45, 7) is 0. The van der Waals surface area contributed by atoms with Gasteiger partial charge in [0.1, 0.15) is 5.54 Å². The highest BCUT2D eigenvalue weighted by atomic mass is 35.5. The number of nitrogens with two attached hydrogens (primary N) is 1. The van der Waals surface area contributed by atoms with Crippen LogP contribution in [-0.2, 0) is 4.79 Å². The van der Waals surface area contributed by atoms with Crippen molar-refractivity contribution in [2.75, 3.05) is 0 Å². The van der Waals surface area contributed by atoms with Crippen LogP contribution in [0, 0.1) is 0 Å². The van der Waals surface area contributed by atoms with E-state index in [0.29, 0.717) is 22.0 Å². The molecule has 15 heavy (non-hydrogen) atoms. The fourth-order valence-corrected chi connectivity index (χ4v) is 2.13. The molecule has 5 heteroatoms. The Morgan fingerprint density at radius 1 is 1.53 bits per heavy atom. The van der Waals surface area contributed by atoms with Crippen molar-refractivity contribution < 1.29 is 9.90 Å².